The van der Waals surface area contributed by atoms with Gasteiger partial charge < -0.3 is 4.55 Å². The lowest BCUT2D eigenvalue weighted by Crippen LogP contribution is -1.93. The third kappa shape index (κ3) is 1.70. The fourth-order valence-corrected chi connectivity index (χ4v) is 1.45. The molecule has 0 amide bonds. The Hall–Kier alpha value is -1.18. The maximum atomic E-state index is 10.7. The van der Waals surface area contributed by atoms with Gasteiger partial charge in [-0.15, -0.1) is 0 Å². The molecule has 1 aromatic carbocycles. The molecule has 0 bridgehead atoms. The van der Waals surface area contributed by atoms with Crippen LogP contribution in [0.5, 0.6) is 0 Å². The zero-order chi connectivity index (χ0) is 9.14. The molecule has 1 unspecified atom stereocenters. The Labute approximate surface area is 72.9 Å². The number of rotatable bonds is 1. The van der Waals surface area contributed by atoms with Crippen molar-refractivity contribution in [1.82, 2.24) is 0 Å². The van der Waals surface area contributed by atoms with Crippen molar-refractivity contribution in [2.75, 3.05) is 0 Å². The summed E-state index contributed by atoms with van der Waals surface area (Å²) >= 11 is -2.07. The zero-order valence-corrected chi connectivity index (χ0v) is 7.26. The van der Waals surface area contributed by atoms with Crippen LogP contribution >= 0.6 is 0 Å². The van der Waals surface area contributed by atoms with Crippen molar-refractivity contribution >= 4 is 11.1 Å². The van der Waals surface area contributed by atoms with Gasteiger partial charge in [0.15, 0.2) is 11.1 Å². The van der Waals surface area contributed by atoms with Crippen LogP contribution in [0.1, 0.15) is 11.1 Å². The molecule has 0 aliphatic heterocycles. The third-order valence-electron chi connectivity index (χ3n) is 1.45. The van der Waals surface area contributed by atoms with Crippen molar-refractivity contribution in [1.29, 1.82) is 5.26 Å². The number of nitrogens with zero attached hydrogens (tertiary/aromatic N) is 1. The Kier molecular flexibility index (Phi) is 2.58. The van der Waals surface area contributed by atoms with Gasteiger partial charge in [0.05, 0.1) is 10.5 Å². The first kappa shape index (κ1) is 8.91. The second-order valence-corrected chi connectivity index (χ2v) is 3.30. The Morgan fingerprint density at radius 2 is 2.25 bits per heavy atom. The lowest BCUT2D eigenvalue weighted by molar-refractivity contribution is 0.564. The molecule has 0 aliphatic rings. The fourth-order valence-electron chi connectivity index (χ4n) is 0.866. The highest BCUT2D eigenvalue weighted by molar-refractivity contribution is 7.79. The van der Waals surface area contributed by atoms with E-state index >= 15 is 0 Å². The van der Waals surface area contributed by atoms with E-state index in [9.17, 15) is 4.21 Å². The average Bonchev–Trinajstić information content (AvgIpc) is 2.04. The normalized spacial score (nSPS) is 12.1. The van der Waals surface area contributed by atoms with Crippen molar-refractivity contribution in [2.45, 2.75) is 11.8 Å². The molecule has 1 aromatic rings. The lowest BCUT2D eigenvalue weighted by Gasteiger charge is -1.98. The molecule has 0 aliphatic carbocycles. The second kappa shape index (κ2) is 3.48. The maximum Gasteiger partial charge on any atom is 0.187 e. The van der Waals surface area contributed by atoms with Gasteiger partial charge in [0, 0.05) is 0 Å². The fraction of sp³-hybridized carbons (Fsp3) is 0.125. The van der Waals surface area contributed by atoms with Crippen molar-refractivity contribution in [3.8, 4) is 6.07 Å². The van der Waals surface area contributed by atoms with Gasteiger partial charge in [0.25, 0.3) is 0 Å². The number of benzene rings is 1. The molecular formula is C8H7NO2S. The van der Waals surface area contributed by atoms with Gasteiger partial charge in [0.2, 0.25) is 0 Å². The van der Waals surface area contributed by atoms with E-state index in [0.717, 1.165) is 5.56 Å². The molecule has 1 rings (SSSR count). The van der Waals surface area contributed by atoms with Crippen LogP contribution < -0.4 is 0 Å². The molecule has 0 spiro atoms. The van der Waals surface area contributed by atoms with E-state index in [4.69, 9.17) is 9.81 Å². The van der Waals surface area contributed by atoms with Crippen LogP contribution in [0.2, 0.25) is 0 Å². The molecule has 4 heteroatoms. The number of hydrogen-bond donors (Lipinski definition) is 1. The molecule has 0 radical (unpaired) electrons. The Bertz CT molecular complexity index is 368. The van der Waals surface area contributed by atoms with Crippen LogP contribution in [0.15, 0.2) is 23.1 Å². The summed E-state index contributed by atoms with van der Waals surface area (Å²) in [5.41, 5.74) is 1.12. The molecule has 3 nitrogen and oxygen atoms in total. The summed E-state index contributed by atoms with van der Waals surface area (Å²) in [6.45, 7) is 1.80. The summed E-state index contributed by atoms with van der Waals surface area (Å²) in [5, 5.41) is 8.56. The summed E-state index contributed by atoms with van der Waals surface area (Å²) in [6.07, 6.45) is 0. The highest BCUT2D eigenvalue weighted by atomic mass is 32.2. The molecule has 0 saturated carbocycles. The SMILES string of the molecule is Cc1ccc(C#N)c(S(=O)O)c1. The minimum Gasteiger partial charge on any atom is -0.302 e. The molecule has 1 atom stereocenters. The van der Waals surface area contributed by atoms with Gasteiger partial charge in [-0.2, -0.15) is 5.26 Å². The zero-order valence-electron chi connectivity index (χ0n) is 6.44. The molecule has 0 aromatic heterocycles. The first-order valence-corrected chi connectivity index (χ1v) is 4.37. The molecule has 0 saturated heterocycles. The predicted molar refractivity (Wildman–Crippen MR) is 44.9 cm³/mol. The summed E-state index contributed by atoms with van der Waals surface area (Å²) < 4.78 is 19.5. The summed E-state index contributed by atoms with van der Waals surface area (Å²) in [4.78, 5) is 0.178. The van der Waals surface area contributed by atoms with Gasteiger partial charge in [-0.3, -0.25) is 0 Å². The first-order valence-electron chi connectivity index (χ1n) is 3.27. The summed E-state index contributed by atoms with van der Waals surface area (Å²) in [5.74, 6) is 0. The standard InChI is InChI=1S/C8H7NO2S/c1-6-2-3-7(5-9)8(4-6)12(10)11/h2-4H,1H3,(H,10,11). The first-order chi connectivity index (χ1) is 5.65. The van der Waals surface area contributed by atoms with E-state index in [0.29, 0.717) is 0 Å². The van der Waals surface area contributed by atoms with E-state index < -0.39 is 11.1 Å². The number of hydrogen-bond acceptors (Lipinski definition) is 2. The van der Waals surface area contributed by atoms with E-state index in [1.165, 1.54) is 6.07 Å². The molecule has 1 N–H and O–H groups in total. The Balaban J connectivity index is 3.34. The number of aryl methyl sites for hydroxylation is 1. The summed E-state index contributed by atoms with van der Waals surface area (Å²) in [6, 6.07) is 6.66. The van der Waals surface area contributed by atoms with Crippen molar-refractivity contribution in [3.05, 3.63) is 29.3 Å². The van der Waals surface area contributed by atoms with Gasteiger partial charge in [-0.1, -0.05) is 6.07 Å². The van der Waals surface area contributed by atoms with E-state index in [2.05, 4.69) is 0 Å². The van der Waals surface area contributed by atoms with Crippen LogP contribution in [-0.4, -0.2) is 8.76 Å². The van der Waals surface area contributed by atoms with Crippen LogP contribution in [-0.2, 0) is 11.1 Å². The van der Waals surface area contributed by atoms with Crippen molar-refractivity contribution < 1.29 is 8.76 Å². The van der Waals surface area contributed by atoms with Gasteiger partial charge in [-0.05, 0) is 24.6 Å². The quantitative estimate of drug-likeness (QED) is 0.667. The minimum absolute atomic E-state index is 0.178. The second-order valence-electron chi connectivity index (χ2n) is 2.36. The van der Waals surface area contributed by atoms with Gasteiger partial charge in [0.1, 0.15) is 6.07 Å². The highest BCUT2D eigenvalue weighted by Crippen LogP contribution is 2.13. The van der Waals surface area contributed by atoms with Crippen LogP contribution in [0.4, 0.5) is 0 Å². The smallest absolute Gasteiger partial charge is 0.187 e. The maximum absolute atomic E-state index is 10.7. The van der Waals surface area contributed by atoms with E-state index in [1.807, 2.05) is 6.07 Å². The molecular weight excluding hydrogens is 174 g/mol. The molecule has 0 heterocycles. The average molecular weight is 181 g/mol. The molecule has 12 heavy (non-hydrogen) atoms. The van der Waals surface area contributed by atoms with Gasteiger partial charge >= 0.3 is 0 Å². The molecule has 62 valence electrons. The largest absolute Gasteiger partial charge is 0.302 e. The Morgan fingerprint density at radius 3 is 2.75 bits per heavy atom. The number of nitriles is 1. The minimum atomic E-state index is -2.07. The van der Waals surface area contributed by atoms with E-state index in [1.54, 1.807) is 19.1 Å². The topological polar surface area (TPSA) is 61.1 Å². The Morgan fingerprint density at radius 1 is 1.58 bits per heavy atom. The predicted octanol–water partition coefficient (Wildman–Crippen LogP) is 1.45. The monoisotopic (exact) mass is 181 g/mol. The van der Waals surface area contributed by atoms with Crippen molar-refractivity contribution in [3.63, 3.8) is 0 Å². The van der Waals surface area contributed by atoms with E-state index in [-0.39, 0.29) is 10.5 Å². The summed E-state index contributed by atoms with van der Waals surface area (Å²) in [7, 11) is 0. The van der Waals surface area contributed by atoms with Crippen LogP contribution in [0.25, 0.3) is 0 Å². The molecule has 0 fully saturated rings. The van der Waals surface area contributed by atoms with Gasteiger partial charge in [-0.25, -0.2) is 4.21 Å². The lowest BCUT2D eigenvalue weighted by atomic mass is 10.2. The highest BCUT2D eigenvalue weighted by Gasteiger charge is 2.06. The third-order valence-corrected chi connectivity index (χ3v) is 2.16. The van der Waals surface area contributed by atoms with Crippen LogP contribution in [0.3, 0.4) is 0 Å². The van der Waals surface area contributed by atoms with Crippen LogP contribution in [0, 0.1) is 18.3 Å². The van der Waals surface area contributed by atoms with Crippen molar-refractivity contribution in [2.24, 2.45) is 0 Å².